The molecule has 1 N–H and O–H groups in total. The van der Waals surface area contributed by atoms with E-state index >= 15 is 0 Å². The molecule has 0 spiro atoms. The van der Waals surface area contributed by atoms with Crippen molar-refractivity contribution in [1.29, 1.82) is 0 Å². The zero-order valence-corrected chi connectivity index (χ0v) is 13.4. The van der Waals surface area contributed by atoms with Crippen molar-refractivity contribution in [3.05, 3.63) is 42.1 Å². The van der Waals surface area contributed by atoms with Gasteiger partial charge < -0.3 is 5.32 Å². The van der Waals surface area contributed by atoms with E-state index in [-0.39, 0.29) is 5.54 Å². The third kappa shape index (κ3) is 3.44. The fraction of sp³-hybridized carbons (Fsp3) is 0.526. The lowest BCUT2D eigenvalue weighted by atomic mass is 9.70. The lowest BCUT2D eigenvalue weighted by Gasteiger charge is -2.39. The molecule has 0 aliphatic heterocycles. The number of benzene rings is 1. The van der Waals surface area contributed by atoms with Crippen molar-refractivity contribution in [2.24, 2.45) is 11.8 Å². The SMILES string of the molecule is CC(C)(C)NCC1CCC1Cc1ccnc2ccccc12. The first-order valence-electron chi connectivity index (χ1n) is 8.10. The van der Waals surface area contributed by atoms with Crippen molar-refractivity contribution < 1.29 is 0 Å². The van der Waals surface area contributed by atoms with Gasteiger partial charge >= 0.3 is 0 Å². The van der Waals surface area contributed by atoms with Crippen LogP contribution in [0, 0.1) is 11.8 Å². The Bertz CT molecular complexity index is 607. The van der Waals surface area contributed by atoms with Crippen LogP contribution in [0.4, 0.5) is 0 Å². The second kappa shape index (κ2) is 5.76. The summed E-state index contributed by atoms with van der Waals surface area (Å²) in [5.74, 6) is 1.65. The Balaban J connectivity index is 1.68. The summed E-state index contributed by atoms with van der Waals surface area (Å²) >= 11 is 0. The molecule has 2 heteroatoms. The summed E-state index contributed by atoms with van der Waals surface area (Å²) in [4.78, 5) is 4.47. The first-order chi connectivity index (χ1) is 10.0. The fourth-order valence-electron chi connectivity index (χ4n) is 3.23. The average Bonchev–Trinajstić information content (AvgIpc) is 2.42. The number of rotatable bonds is 4. The molecule has 0 bridgehead atoms. The number of hydrogen-bond acceptors (Lipinski definition) is 2. The summed E-state index contributed by atoms with van der Waals surface area (Å²) in [7, 11) is 0. The maximum absolute atomic E-state index is 4.47. The smallest absolute Gasteiger partial charge is 0.0704 e. The number of aromatic nitrogens is 1. The van der Waals surface area contributed by atoms with E-state index < -0.39 is 0 Å². The number of hydrogen-bond donors (Lipinski definition) is 1. The van der Waals surface area contributed by atoms with Gasteiger partial charge in [0.2, 0.25) is 0 Å². The lowest BCUT2D eigenvalue weighted by molar-refractivity contribution is 0.160. The monoisotopic (exact) mass is 282 g/mol. The minimum Gasteiger partial charge on any atom is -0.312 e. The van der Waals surface area contributed by atoms with Crippen LogP contribution in [-0.4, -0.2) is 17.1 Å². The molecule has 2 atom stereocenters. The third-order valence-electron chi connectivity index (χ3n) is 4.69. The minimum absolute atomic E-state index is 0.226. The fourth-order valence-corrected chi connectivity index (χ4v) is 3.23. The van der Waals surface area contributed by atoms with E-state index in [9.17, 15) is 0 Å². The summed E-state index contributed by atoms with van der Waals surface area (Å²) in [6.45, 7) is 7.89. The van der Waals surface area contributed by atoms with Gasteiger partial charge in [-0.25, -0.2) is 0 Å². The molecule has 1 saturated carbocycles. The first-order valence-corrected chi connectivity index (χ1v) is 8.10. The maximum atomic E-state index is 4.47. The first kappa shape index (κ1) is 14.5. The van der Waals surface area contributed by atoms with Gasteiger partial charge in [-0.05, 0) is 76.1 Å². The van der Waals surface area contributed by atoms with Gasteiger partial charge in [-0.2, -0.15) is 0 Å². The molecule has 0 amide bonds. The zero-order valence-electron chi connectivity index (χ0n) is 13.4. The topological polar surface area (TPSA) is 24.9 Å². The summed E-state index contributed by atoms with van der Waals surface area (Å²) in [5.41, 5.74) is 2.81. The molecule has 2 aromatic rings. The predicted octanol–water partition coefficient (Wildman–Crippen LogP) is 4.19. The summed E-state index contributed by atoms with van der Waals surface area (Å²) in [6, 6.07) is 10.7. The van der Waals surface area contributed by atoms with Crippen molar-refractivity contribution in [1.82, 2.24) is 10.3 Å². The highest BCUT2D eigenvalue weighted by Gasteiger charge is 2.31. The zero-order chi connectivity index (χ0) is 14.9. The van der Waals surface area contributed by atoms with Crippen molar-refractivity contribution in [2.75, 3.05) is 6.54 Å². The summed E-state index contributed by atoms with van der Waals surface area (Å²) in [5, 5.41) is 4.99. The Morgan fingerprint density at radius 1 is 1.10 bits per heavy atom. The van der Waals surface area contributed by atoms with Crippen LogP contribution in [0.3, 0.4) is 0 Å². The largest absolute Gasteiger partial charge is 0.312 e. The van der Waals surface area contributed by atoms with Crippen LogP contribution in [-0.2, 0) is 6.42 Å². The van der Waals surface area contributed by atoms with Gasteiger partial charge in [-0.3, -0.25) is 4.98 Å². The van der Waals surface area contributed by atoms with Gasteiger partial charge in [0.1, 0.15) is 0 Å². The Morgan fingerprint density at radius 3 is 2.57 bits per heavy atom. The van der Waals surface area contributed by atoms with Crippen LogP contribution >= 0.6 is 0 Å². The van der Waals surface area contributed by atoms with Crippen molar-refractivity contribution in [2.45, 2.75) is 45.6 Å². The summed E-state index contributed by atoms with van der Waals surface area (Å²) < 4.78 is 0. The minimum atomic E-state index is 0.226. The van der Waals surface area contributed by atoms with E-state index in [4.69, 9.17) is 0 Å². The van der Waals surface area contributed by atoms with Gasteiger partial charge in [0.05, 0.1) is 5.52 Å². The Kier molecular flexibility index (Phi) is 3.99. The van der Waals surface area contributed by atoms with E-state index in [2.05, 4.69) is 61.4 Å². The van der Waals surface area contributed by atoms with E-state index in [0.29, 0.717) is 0 Å². The van der Waals surface area contributed by atoms with Gasteiger partial charge in [0.15, 0.2) is 0 Å². The maximum Gasteiger partial charge on any atom is 0.0704 e. The van der Waals surface area contributed by atoms with Crippen LogP contribution < -0.4 is 5.32 Å². The molecule has 2 unspecified atom stereocenters. The van der Waals surface area contributed by atoms with Crippen molar-refractivity contribution in [3.8, 4) is 0 Å². The molecule has 2 nitrogen and oxygen atoms in total. The van der Waals surface area contributed by atoms with Crippen LogP contribution in [0.5, 0.6) is 0 Å². The molecule has 1 fully saturated rings. The van der Waals surface area contributed by atoms with Gasteiger partial charge in [0.25, 0.3) is 0 Å². The number of fused-ring (bicyclic) bond motifs is 1. The Morgan fingerprint density at radius 2 is 1.86 bits per heavy atom. The summed E-state index contributed by atoms with van der Waals surface area (Å²) in [6.07, 6.45) is 5.89. The van der Waals surface area contributed by atoms with Gasteiger partial charge in [0, 0.05) is 17.1 Å². The highest BCUT2D eigenvalue weighted by atomic mass is 14.9. The number of nitrogens with one attached hydrogen (secondary N) is 1. The predicted molar refractivity (Wildman–Crippen MR) is 89.4 cm³/mol. The van der Waals surface area contributed by atoms with Gasteiger partial charge in [-0.1, -0.05) is 18.2 Å². The third-order valence-corrected chi connectivity index (χ3v) is 4.69. The molecule has 112 valence electrons. The van der Waals surface area contributed by atoms with Crippen LogP contribution in [0.25, 0.3) is 10.9 Å². The molecular formula is C19H26N2. The number of pyridine rings is 1. The van der Waals surface area contributed by atoms with E-state index in [1.807, 2.05) is 6.20 Å². The molecule has 21 heavy (non-hydrogen) atoms. The van der Waals surface area contributed by atoms with E-state index in [0.717, 1.165) is 23.9 Å². The molecule has 1 aliphatic carbocycles. The second-order valence-corrected chi connectivity index (χ2v) is 7.42. The highest BCUT2D eigenvalue weighted by molar-refractivity contribution is 5.81. The standard InChI is InChI=1S/C19H26N2/c1-19(2,3)21-13-16-9-8-14(16)12-15-10-11-20-18-7-5-4-6-17(15)18/h4-7,10-11,14,16,21H,8-9,12-13H2,1-3H3. The van der Waals surface area contributed by atoms with Crippen LogP contribution in [0.1, 0.15) is 39.2 Å². The molecular weight excluding hydrogens is 256 g/mol. The van der Waals surface area contributed by atoms with E-state index in [1.54, 1.807) is 0 Å². The van der Waals surface area contributed by atoms with E-state index in [1.165, 1.54) is 30.2 Å². The highest BCUT2D eigenvalue weighted by Crippen LogP contribution is 2.37. The molecule has 3 rings (SSSR count). The normalized spacial score (nSPS) is 22.2. The molecule has 1 aromatic carbocycles. The quantitative estimate of drug-likeness (QED) is 0.909. The molecule has 1 heterocycles. The number of nitrogens with zero attached hydrogens (tertiary/aromatic N) is 1. The van der Waals surface area contributed by atoms with Crippen molar-refractivity contribution in [3.63, 3.8) is 0 Å². The van der Waals surface area contributed by atoms with Crippen molar-refractivity contribution >= 4 is 10.9 Å². The van der Waals surface area contributed by atoms with Crippen LogP contribution in [0.15, 0.2) is 36.5 Å². The molecule has 1 aliphatic rings. The lowest BCUT2D eigenvalue weighted by Crippen LogP contribution is -2.44. The second-order valence-electron chi connectivity index (χ2n) is 7.42. The molecule has 0 saturated heterocycles. The Labute approximate surface area is 128 Å². The average molecular weight is 282 g/mol. The Hall–Kier alpha value is -1.41. The molecule has 1 aromatic heterocycles. The van der Waals surface area contributed by atoms with Gasteiger partial charge in [-0.15, -0.1) is 0 Å². The number of para-hydroxylation sites is 1. The van der Waals surface area contributed by atoms with Crippen LogP contribution in [0.2, 0.25) is 0 Å². The molecule has 0 radical (unpaired) electrons.